The molecule has 18 heavy (non-hydrogen) atoms. The summed E-state index contributed by atoms with van der Waals surface area (Å²) in [5.41, 5.74) is 6.52. The van der Waals surface area contributed by atoms with Gasteiger partial charge in [0.1, 0.15) is 6.10 Å². The molecule has 0 saturated carbocycles. The summed E-state index contributed by atoms with van der Waals surface area (Å²) in [6, 6.07) is 4.81. The van der Waals surface area contributed by atoms with Crippen molar-refractivity contribution >= 4 is 23.3 Å². The van der Waals surface area contributed by atoms with Gasteiger partial charge < -0.3 is 15.4 Å². The number of piperidine rings is 1. The number of rotatable bonds is 2. The first-order chi connectivity index (χ1) is 8.56. The fourth-order valence-corrected chi connectivity index (χ4v) is 2.16. The number of hydrogen-bond acceptors (Lipinski definition) is 4. The van der Waals surface area contributed by atoms with Crippen LogP contribution in [-0.4, -0.2) is 37.1 Å². The van der Waals surface area contributed by atoms with Gasteiger partial charge in [0.15, 0.2) is 0 Å². The summed E-state index contributed by atoms with van der Waals surface area (Å²) in [5.74, 6) is -0.327. The van der Waals surface area contributed by atoms with Crippen molar-refractivity contribution in [1.29, 1.82) is 0 Å². The number of nitrogens with two attached hydrogens (primary N) is 1. The number of nitrogen functional groups attached to an aromatic ring is 1. The van der Waals surface area contributed by atoms with E-state index < -0.39 is 0 Å². The molecule has 1 aliphatic rings. The SMILES string of the molecule is CN1CCC(OC(=O)c2ccc(N)c(Cl)c2)CC1. The van der Waals surface area contributed by atoms with Crippen LogP contribution in [-0.2, 0) is 4.74 Å². The van der Waals surface area contributed by atoms with Crippen molar-refractivity contribution in [3.8, 4) is 0 Å². The summed E-state index contributed by atoms with van der Waals surface area (Å²) in [7, 11) is 2.07. The second kappa shape index (κ2) is 5.59. The van der Waals surface area contributed by atoms with Gasteiger partial charge in [0.2, 0.25) is 0 Å². The van der Waals surface area contributed by atoms with Crippen LogP contribution in [0.1, 0.15) is 23.2 Å². The molecule has 0 atom stereocenters. The Morgan fingerprint density at radius 3 is 2.72 bits per heavy atom. The van der Waals surface area contributed by atoms with E-state index in [0.717, 1.165) is 25.9 Å². The van der Waals surface area contributed by atoms with Crippen molar-refractivity contribution in [1.82, 2.24) is 4.90 Å². The van der Waals surface area contributed by atoms with Gasteiger partial charge in [-0.05, 0) is 38.1 Å². The molecule has 1 aliphatic heterocycles. The van der Waals surface area contributed by atoms with Crippen LogP contribution in [0, 0.1) is 0 Å². The van der Waals surface area contributed by atoms with Gasteiger partial charge in [0, 0.05) is 13.1 Å². The van der Waals surface area contributed by atoms with Gasteiger partial charge >= 0.3 is 5.97 Å². The number of hydrogen-bond donors (Lipinski definition) is 1. The minimum Gasteiger partial charge on any atom is -0.459 e. The van der Waals surface area contributed by atoms with Gasteiger partial charge in [-0.25, -0.2) is 4.79 Å². The average molecular weight is 269 g/mol. The maximum Gasteiger partial charge on any atom is 0.338 e. The van der Waals surface area contributed by atoms with Crippen molar-refractivity contribution in [3.63, 3.8) is 0 Å². The smallest absolute Gasteiger partial charge is 0.338 e. The number of esters is 1. The van der Waals surface area contributed by atoms with Crippen molar-refractivity contribution in [3.05, 3.63) is 28.8 Å². The minimum absolute atomic E-state index is 0.00466. The molecule has 0 bridgehead atoms. The van der Waals surface area contributed by atoms with Crippen LogP contribution in [0.15, 0.2) is 18.2 Å². The van der Waals surface area contributed by atoms with E-state index in [4.69, 9.17) is 22.1 Å². The van der Waals surface area contributed by atoms with Gasteiger partial charge in [-0.2, -0.15) is 0 Å². The first-order valence-electron chi connectivity index (χ1n) is 6.01. The van der Waals surface area contributed by atoms with E-state index in [9.17, 15) is 4.79 Å². The number of likely N-dealkylation sites (tertiary alicyclic amines) is 1. The van der Waals surface area contributed by atoms with Gasteiger partial charge in [-0.3, -0.25) is 0 Å². The van der Waals surface area contributed by atoms with Gasteiger partial charge in [0.25, 0.3) is 0 Å². The monoisotopic (exact) mass is 268 g/mol. The number of anilines is 1. The second-order valence-electron chi connectivity index (χ2n) is 4.64. The van der Waals surface area contributed by atoms with Crippen LogP contribution >= 0.6 is 11.6 Å². The Hall–Kier alpha value is -1.26. The molecule has 1 aromatic carbocycles. The van der Waals surface area contributed by atoms with Gasteiger partial charge in [-0.1, -0.05) is 11.6 Å². The van der Waals surface area contributed by atoms with Gasteiger partial charge in [0.05, 0.1) is 16.3 Å². The molecule has 1 aromatic rings. The first-order valence-corrected chi connectivity index (χ1v) is 6.38. The normalized spacial score (nSPS) is 17.7. The maximum atomic E-state index is 11.9. The summed E-state index contributed by atoms with van der Waals surface area (Å²) in [5, 5.41) is 0.382. The zero-order chi connectivity index (χ0) is 13.1. The highest BCUT2D eigenvalue weighted by Crippen LogP contribution is 2.21. The molecule has 4 nitrogen and oxygen atoms in total. The summed E-state index contributed by atoms with van der Waals surface area (Å²) < 4.78 is 5.46. The molecule has 0 unspecified atom stereocenters. The lowest BCUT2D eigenvalue weighted by Crippen LogP contribution is -2.35. The highest BCUT2D eigenvalue weighted by Gasteiger charge is 2.21. The molecule has 1 fully saturated rings. The van der Waals surface area contributed by atoms with Crippen LogP contribution in [0.3, 0.4) is 0 Å². The molecule has 1 saturated heterocycles. The highest BCUT2D eigenvalue weighted by atomic mass is 35.5. The van der Waals surface area contributed by atoms with E-state index in [1.54, 1.807) is 18.2 Å². The minimum atomic E-state index is -0.327. The number of nitrogens with zero attached hydrogens (tertiary/aromatic N) is 1. The molecule has 0 aromatic heterocycles. The van der Waals surface area contributed by atoms with E-state index in [0.29, 0.717) is 16.3 Å². The maximum absolute atomic E-state index is 11.9. The molecule has 0 spiro atoms. The topological polar surface area (TPSA) is 55.6 Å². The van der Waals surface area contributed by atoms with Crippen LogP contribution in [0.5, 0.6) is 0 Å². The standard InChI is InChI=1S/C13H17ClN2O2/c1-16-6-4-10(5-7-16)18-13(17)9-2-3-12(15)11(14)8-9/h2-3,8,10H,4-7,15H2,1H3. The molecule has 2 rings (SSSR count). The number of halogens is 1. The van der Waals surface area contributed by atoms with Crippen LogP contribution in [0.4, 0.5) is 5.69 Å². The first kappa shape index (κ1) is 13.2. The predicted molar refractivity (Wildman–Crippen MR) is 71.8 cm³/mol. The summed E-state index contributed by atoms with van der Waals surface area (Å²) in [6.45, 7) is 1.92. The Morgan fingerprint density at radius 1 is 1.44 bits per heavy atom. The molecule has 0 radical (unpaired) electrons. The molecule has 0 aliphatic carbocycles. The van der Waals surface area contributed by atoms with E-state index in [-0.39, 0.29) is 12.1 Å². The van der Waals surface area contributed by atoms with Crippen LogP contribution in [0.25, 0.3) is 0 Å². The Bertz CT molecular complexity index is 443. The van der Waals surface area contributed by atoms with E-state index >= 15 is 0 Å². The van der Waals surface area contributed by atoms with Gasteiger partial charge in [-0.15, -0.1) is 0 Å². The fraction of sp³-hybridized carbons (Fsp3) is 0.462. The number of ether oxygens (including phenoxy) is 1. The Balaban J connectivity index is 1.97. The Kier molecular flexibility index (Phi) is 4.09. The third-order valence-electron chi connectivity index (χ3n) is 3.18. The third kappa shape index (κ3) is 3.15. The molecule has 0 amide bonds. The average Bonchev–Trinajstić information content (AvgIpc) is 2.35. The largest absolute Gasteiger partial charge is 0.459 e. The quantitative estimate of drug-likeness (QED) is 0.660. The van der Waals surface area contributed by atoms with E-state index in [1.807, 2.05) is 0 Å². The van der Waals surface area contributed by atoms with Crippen molar-refractivity contribution in [2.75, 3.05) is 25.9 Å². The second-order valence-corrected chi connectivity index (χ2v) is 5.05. The zero-order valence-electron chi connectivity index (χ0n) is 10.4. The molecule has 1 heterocycles. The van der Waals surface area contributed by atoms with Crippen LogP contribution < -0.4 is 5.73 Å². The lowest BCUT2D eigenvalue weighted by atomic mass is 10.1. The molecular formula is C13H17ClN2O2. The number of carbonyl (C=O) groups is 1. The lowest BCUT2D eigenvalue weighted by molar-refractivity contribution is 0.0139. The van der Waals surface area contributed by atoms with Crippen molar-refractivity contribution in [2.24, 2.45) is 0 Å². The van der Waals surface area contributed by atoms with Crippen molar-refractivity contribution < 1.29 is 9.53 Å². The fourth-order valence-electron chi connectivity index (χ4n) is 1.98. The summed E-state index contributed by atoms with van der Waals surface area (Å²) in [4.78, 5) is 14.1. The van der Waals surface area contributed by atoms with Crippen LogP contribution in [0.2, 0.25) is 5.02 Å². The molecule has 98 valence electrons. The summed E-state index contributed by atoms with van der Waals surface area (Å²) >= 11 is 5.88. The Labute approximate surface area is 112 Å². The number of benzene rings is 1. The third-order valence-corrected chi connectivity index (χ3v) is 3.50. The summed E-state index contributed by atoms with van der Waals surface area (Å²) in [6.07, 6.45) is 1.76. The van der Waals surface area contributed by atoms with E-state index in [2.05, 4.69) is 11.9 Å². The molecule has 5 heteroatoms. The highest BCUT2D eigenvalue weighted by molar-refractivity contribution is 6.33. The predicted octanol–water partition coefficient (Wildman–Crippen LogP) is 2.17. The molecular weight excluding hydrogens is 252 g/mol. The Morgan fingerprint density at radius 2 is 2.11 bits per heavy atom. The van der Waals surface area contributed by atoms with E-state index in [1.165, 1.54) is 0 Å². The lowest BCUT2D eigenvalue weighted by Gasteiger charge is -2.28. The molecule has 2 N–H and O–H groups in total. The number of carbonyl (C=O) groups excluding carboxylic acids is 1. The van der Waals surface area contributed by atoms with Crippen molar-refractivity contribution in [2.45, 2.75) is 18.9 Å². The zero-order valence-corrected chi connectivity index (χ0v) is 11.1.